The number of nitrogens with zero attached hydrogens (tertiary/aromatic N) is 4. The van der Waals surface area contributed by atoms with E-state index in [1.54, 1.807) is 13.8 Å². The van der Waals surface area contributed by atoms with Gasteiger partial charge in [0.25, 0.3) is 0 Å². The predicted molar refractivity (Wildman–Crippen MR) is 166 cm³/mol. The Labute approximate surface area is 244 Å². The fourth-order valence-electron chi connectivity index (χ4n) is 6.30. The molecule has 0 aliphatic carbocycles. The van der Waals surface area contributed by atoms with Gasteiger partial charge in [-0.05, 0) is 49.2 Å². The minimum absolute atomic E-state index is 0.0739. The number of rotatable bonds is 2. The second kappa shape index (κ2) is 10.0. The average molecular weight is 559 g/mol. The molecule has 0 bridgehead atoms. The highest BCUT2D eigenvalue weighted by Crippen LogP contribution is 2.40. The van der Waals surface area contributed by atoms with Crippen molar-refractivity contribution in [2.75, 3.05) is 10.6 Å². The molecule has 42 heavy (non-hydrogen) atoms. The topological polar surface area (TPSA) is 100 Å². The maximum absolute atomic E-state index is 10.5. The largest absolute Gasteiger partial charge is 0.371 e. The lowest BCUT2D eigenvalue weighted by molar-refractivity contribution is 0.0591. The molecule has 8 nitrogen and oxygen atoms in total. The predicted octanol–water partition coefficient (Wildman–Crippen LogP) is 6.30. The van der Waals surface area contributed by atoms with Crippen molar-refractivity contribution < 1.29 is 10.2 Å². The molecule has 4 atom stereocenters. The van der Waals surface area contributed by atoms with E-state index < -0.39 is 11.4 Å². The van der Waals surface area contributed by atoms with E-state index in [-0.39, 0.29) is 12.1 Å². The van der Waals surface area contributed by atoms with E-state index in [0.29, 0.717) is 12.8 Å². The van der Waals surface area contributed by atoms with Crippen molar-refractivity contribution in [2.45, 2.75) is 50.2 Å². The summed E-state index contributed by atoms with van der Waals surface area (Å²) in [6.45, 7) is 3.59. The molecule has 4 aromatic carbocycles. The Morgan fingerprint density at radius 3 is 1.33 bits per heavy atom. The summed E-state index contributed by atoms with van der Waals surface area (Å²) in [5, 5.41) is 27.3. The summed E-state index contributed by atoms with van der Waals surface area (Å²) >= 11 is 0. The van der Waals surface area contributed by atoms with Crippen LogP contribution in [0.1, 0.15) is 49.9 Å². The molecule has 0 spiro atoms. The van der Waals surface area contributed by atoms with Crippen molar-refractivity contribution in [1.29, 1.82) is 0 Å². The van der Waals surface area contributed by atoms with Gasteiger partial charge >= 0.3 is 0 Å². The highest BCUT2D eigenvalue weighted by atomic mass is 16.3. The van der Waals surface area contributed by atoms with Crippen molar-refractivity contribution in [1.82, 2.24) is 19.1 Å². The lowest BCUT2D eigenvalue weighted by Crippen LogP contribution is -2.42. The first-order valence-corrected chi connectivity index (χ1v) is 14.3. The summed E-state index contributed by atoms with van der Waals surface area (Å²) in [6.07, 6.45) is 1.20. The zero-order valence-corrected chi connectivity index (χ0v) is 23.6. The molecule has 0 saturated carbocycles. The van der Waals surface area contributed by atoms with E-state index in [4.69, 9.17) is 0 Å². The van der Waals surface area contributed by atoms with Crippen molar-refractivity contribution in [3.05, 3.63) is 120 Å². The molecule has 0 radical (unpaired) electrons. The van der Waals surface area contributed by atoms with Gasteiger partial charge in [0.1, 0.15) is 11.4 Å². The smallest absolute Gasteiger partial charge is 0.206 e. The van der Waals surface area contributed by atoms with E-state index in [9.17, 15) is 10.2 Å². The van der Waals surface area contributed by atoms with Crippen LogP contribution in [0.2, 0.25) is 0 Å². The van der Waals surface area contributed by atoms with Crippen molar-refractivity contribution in [2.24, 2.45) is 0 Å². The van der Waals surface area contributed by atoms with E-state index in [1.807, 2.05) is 72.8 Å². The number of hydrogen-bond acceptors (Lipinski definition) is 6. The second-order valence-electron chi connectivity index (χ2n) is 11.6. The zero-order chi connectivity index (χ0) is 28.9. The molecule has 2 aromatic heterocycles. The Kier molecular flexibility index (Phi) is 6.26. The summed E-state index contributed by atoms with van der Waals surface area (Å²) in [6, 6.07) is 36.9. The van der Waals surface area contributed by atoms with Crippen molar-refractivity contribution in [3.63, 3.8) is 0 Å². The van der Waals surface area contributed by atoms with Gasteiger partial charge in [0.15, 0.2) is 0 Å². The van der Waals surface area contributed by atoms with Gasteiger partial charge in [-0.2, -0.15) is 0 Å². The third-order valence-corrected chi connectivity index (χ3v) is 8.13. The van der Waals surface area contributed by atoms with Crippen LogP contribution in [-0.2, 0) is 0 Å². The minimum atomic E-state index is -0.960. The average Bonchev–Trinajstić information content (AvgIpc) is 3.54. The lowest BCUT2D eigenvalue weighted by atomic mass is 9.95. The number of aliphatic hydroxyl groups is 2. The first-order chi connectivity index (χ1) is 20.3. The SMILES string of the molecule is CC1(O)CC(c2ccccc2)n2c(nc3ccccc32)N1.CC1(O)CC(c2ccccc2)n2c(nc3ccccc32)N1. The maximum atomic E-state index is 10.5. The Hall–Kier alpha value is -4.66. The molecule has 0 fully saturated rings. The van der Waals surface area contributed by atoms with Gasteiger partial charge in [0.2, 0.25) is 11.9 Å². The van der Waals surface area contributed by atoms with Crippen LogP contribution < -0.4 is 10.6 Å². The highest BCUT2D eigenvalue weighted by Gasteiger charge is 2.37. The number of aromatic nitrogens is 4. The molecule has 212 valence electrons. The van der Waals surface area contributed by atoms with Gasteiger partial charge in [-0.25, -0.2) is 9.97 Å². The van der Waals surface area contributed by atoms with Crippen LogP contribution in [0.3, 0.4) is 0 Å². The summed E-state index contributed by atoms with van der Waals surface area (Å²) in [7, 11) is 0. The molecule has 8 rings (SSSR count). The first kappa shape index (κ1) is 26.3. The number of benzene rings is 4. The van der Waals surface area contributed by atoms with Crippen LogP contribution in [0.4, 0.5) is 11.9 Å². The summed E-state index contributed by atoms with van der Waals surface area (Å²) in [4.78, 5) is 9.23. The summed E-state index contributed by atoms with van der Waals surface area (Å²) in [5.74, 6) is 1.45. The molecule has 2 aliphatic rings. The highest BCUT2D eigenvalue weighted by molar-refractivity contribution is 5.80. The first-order valence-electron chi connectivity index (χ1n) is 14.3. The van der Waals surface area contributed by atoms with Crippen molar-refractivity contribution >= 4 is 34.0 Å². The van der Waals surface area contributed by atoms with Crippen LogP contribution in [0.5, 0.6) is 0 Å². The fraction of sp³-hybridized carbons (Fsp3) is 0.235. The maximum Gasteiger partial charge on any atom is 0.206 e. The molecular formula is C34H34N6O2. The van der Waals surface area contributed by atoms with Crippen LogP contribution in [0.15, 0.2) is 109 Å². The quantitative estimate of drug-likeness (QED) is 0.199. The third-order valence-electron chi connectivity index (χ3n) is 8.13. The van der Waals surface area contributed by atoms with E-state index in [1.165, 1.54) is 11.1 Å². The van der Waals surface area contributed by atoms with Crippen LogP contribution in [0, 0.1) is 0 Å². The van der Waals surface area contributed by atoms with E-state index in [0.717, 1.165) is 34.0 Å². The zero-order valence-electron chi connectivity index (χ0n) is 23.6. The number of fused-ring (bicyclic) bond motifs is 6. The standard InChI is InChI=1S/2C17H17N3O/c2*1-17(21)11-15(12-7-3-2-4-8-12)20-14-10-6-5-9-13(14)18-16(20)19-17/h2*2-10,15,21H,11H2,1H3,(H,18,19). The lowest BCUT2D eigenvalue weighted by Gasteiger charge is -2.37. The van der Waals surface area contributed by atoms with Gasteiger partial charge in [0, 0.05) is 12.8 Å². The monoisotopic (exact) mass is 558 g/mol. The summed E-state index contributed by atoms with van der Waals surface area (Å²) < 4.78 is 4.37. The Bertz CT molecular complexity index is 1720. The number of para-hydroxylation sites is 4. The molecule has 4 unspecified atom stereocenters. The van der Waals surface area contributed by atoms with Crippen LogP contribution >= 0.6 is 0 Å². The van der Waals surface area contributed by atoms with E-state index >= 15 is 0 Å². The molecular weight excluding hydrogens is 524 g/mol. The fourth-order valence-corrected chi connectivity index (χ4v) is 6.30. The van der Waals surface area contributed by atoms with Gasteiger partial charge in [-0.15, -0.1) is 0 Å². The molecule has 4 heterocycles. The number of nitrogens with one attached hydrogen (secondary N) is 2. The third kappa shape index (κ3) is 4.78. The number of hydrogen-bond donors (Lipinski definition) is 4. The van der Waals surface area contributed by atoms with Gasteiger partial charge in [-0.3, -0.25) is 0 Å². The van der Waals surface area contributed by atoms with Crippen LogP contribution in [-0.4, -0.2) is 40.8 Å². The summed E-state index contributed by atoms with van der Waals surface area (Å²) in [5.41, 5.74) is 4.51. The van der Waals surface area contributed by atoms with Crippen molar-refractivity contribution in [3.8, 4) is 0 Å². The van der Waals surface area contributed by atoms with Gasteiger partial charge in [-0.1, -0.05) is 84.9 Å². The normalized spacial score (nSPS) is 24.6. The molecule has 8 heteroatoms. The van der Waals surface area contributed by atoms with Gasteiger partial charge < -0.3 is 30.0 Å². The second-order valence-corrected chi connectivity index (χ2v) is 11.6. The molecule has 0 saturated heterocycles. The molecule has 6 aromatic rings. The Morgan fingerprint density at radius 2 is 0.929 bits per heavy atom. The number of imidazole rings is 2. The number of anilines is 2. The Balaban J connectivity index is 0.000000137. The molecule has 0 amide bonds. The van der Waals surface area contributed by atoms with Crippen LogP contribution in [0.25, 0.3) is 22.1 Å². The minimum Gasteiger partial charge on any atom is -0.371 e. The molecule has 2 aliphatic heterocycles. The Morgan fingerprint density at radius 1 is 0.571 bits per heavy atom. The van der Waals surface area contributed by atoms with E-state index in [2.05, 4.69) is 66.1 Å². The van der Waals surface area contributed by atoms with Gasteiger partial charge in [0.05, 0.1) is 34.2 Å². The molecule has 4 N–H and O–H groups in total.